The number of nitrogens with zero attached hydrogens (tertiary/aromatic N) is 1. The van der Waals surface area contributed by atoms with Crippen molar-refractivity contribution in [2.45, 2.75) is 59.0 Å². The van der Waals surface area contributed by atoms with Crippen LogP contribution in [0, 0.1) is 0 Å². The third-order valence-electron chi connectivity index (χ3n) is 2.38. The van der Waals surface area contributed by atoms with Crippen LogP contribution in [0.2, 0.25) is 0 Å². The minimum absolute atomic E-state index is 0.321. The van der Waals surface area contributed by atoms with Crippen LogP contribution >= 0.6 is 0 Å². The third kappa shape index (κ3) is 4.77. The maximum absolute atomic E-state index is 11.5. The summed E-state index contributed by atoms with van der Waals surface area (Å²) >= 11 is 0. The largest absolute Gasteiger partial charge is 0.444 e. The molecule has 1 atom stereocenters. The van der Waals surface area contributed by atoms with Crippen molar-refractivity contribution >= 4 is 12.0 Å². The summed E-state index contributed by atoms with van der Waals surface area (Å²) in [4.78, 5) is 11.5. The maximum Gasteiger partial charge on any atom is 0.414 e. The maximum atomic E-state index is 11.5. The number of aromatic nitrogens is 1. The molecule has 0 spiro atoms. The summed E-state index contributed by atoms with van der Waals surface area (Å²) in [6.45, 7) is 9.63. The summed E-state index contributed by atoms with van der Waals surface area (Å²) in [5.74, 6) is 0.648. The minimum atomic E-state index is -0.534. The van der Waals surface area contributed by atoms with Gasteiger partial charge in [-0.1, -0.05) is 25.4 Å². The minimum Gasteiger partial charge on any atom is -0.444 e. The van der Waals surface area contributed by atoms with Crippen LogP contribution in [-0.2, 0) is 4.74 Å². The zero-order chi connectivity index (χ0) is 13.8. The highest BCUT2D eigenvalue weighted by molar-refractivity contribution is 5.83. The number of hydrogen-bond donors (Lipinski definition) is 1. The molecule has 1 amide bonds. The molecule has 5 heteroatoms. The number of carbonyl (C=O) groups excluding carboxylic acids is 1. The van der Waals surface area contributed by atoms with E-state index in [1.807, 2.05) is 20.8 Å². The fourth-order valence-electron chi connectivity index (χ4n) is 1.57. The highest BCUT2D eigenvalue weighted by atomic mass is 16.6. The molecule has 0 radical (unpaired) electrons. The summed E-state index contributed by atoms with van der Waals surface area (Å²) < 4.78 is 10.2. The molecule has 1 heterocycles. The normalized spacial score (nSPS) is 13.2. The van der Waals surface area contributed by atoms with E-state index in [0.29, 0.717) is 11.8 Å². The van der Waals surface area contributed by atoms with Crippen molar-refractivity contribution in [3.05, 3.63) is 11.8 Å². The van der Waals surface area contributed by atoms with Crippen molar-refractivity contribution in [1.82, 2.24) is 5.16 Å². The van der Waals surface area contributed by atoms with Gasteiger partial charge in [-0.2, -0.15) is 0 Å². The first-order chi connectivity index (χ1) is 8.31. The summed E-state index contributed by atoms with van der Waals surface area (Å²) in [6.07, 6.45) is 1.59. The van der Waals surface area contributed by atoms with Gasteiger partial charge >= 0.3 is 6.09 Å². The monoisotopic (exact) mass is 254 g/mol. The van der Waals surface area contributed by atoms with Crippen molar-refractivity contribution < 1.29 is 14.1 Å². The molecule has 1 aromatic rings. The Bertz CT molecular complexity index is 393. The molecule has 0 saturated heterocycles. The van der Waals surface area contributed by atoms with E-state index >= 15 is 0 Å². The number of nitrogens with one attached hydrogen (secondary N) is 1. The number of carbonyl (C=O) groups is 1. The highest BCUT2D eigenvalue weighted by Crippen LogP contribution is 2.22. The van der Waals surface area contributed by atoms with Crippen molar-refractivity contribution in [2.24, 2.45) is 0 Å². The fourth-order valence-corrected chi connectivity index (χ4v) is 1.57. The van der Waals surface area contributed by atoms with Gasteiger partial charge in [0.15, 0.2) is 0 Å². The van der Waals surface area contributed by atoms with E-state index in [0.717, 1.165) is 18.5 Å². The first kappa shape index (κ1) is 14.5. The standard InChI is InChI=1S/C13H22N2O3/c1-6-7-9(2)10-8-11(18-15-10)14-12(16)17-13(3,4)5/h8-9H,6-7H2,1-5H3,(H,14,16). The van der Waals surface area contributed by atoms with Gasteiger partial charge in [0.25, 0.3) is 0 Å². The Morgan fingerprint density at radius 3 is 2.78 bits per heavy atom. The molecule has 0 aliphatic rings. The molecule has 0 bridgehead atoms. The Labute approximate surface area is 108 Å². The van der Waals surface area contributed by atoms with E-state index in [9.17, 15) is 4.79 Å². The second-order valence-electron chi connectivity index (χ2n) is 5.43. The average molecular weight is 254 g/mol. The highest BCUT2D eigenvalue weighted by Gasteiger charge is 2.18. The summed E-state index contributed by atoms with van der Waals surface area (Å²) in [5, 5.41) is 6.46. The van der Waals surface area contributed by atoms with Crippen LogP contribution in [0.5, 0.6) is 0 Å². The van der Waals surface area contributed by atoms with E-state index in [2.05, 4.69) is 24.3 Å². The molecule has 0 aliphatic heterocycles. The molecule has 0 aromatic carbocycles. The zero-order valence-electron chi connectivity index (χ0n) is 11.7. The van der Waals surface area contributed by atoms with Crippen LogP contribution < -0.4 is 5.32 Å². The number of anilines is 1. The number of rotatable bonds is 4. The van der Waals surface area contributed by atoms with Gasteiger partial charge in [0.05, 0.1) is 5.69 Å². The van der Waals surface area contributed by atoms with Crippen LogP contribution in [0.25, 0.3) is 0 Å². The van der Waals surface area contributed by atoms with E-state index in [1.165, 1.54) is 0 Å². The van der Waals surface area contributed by atoms with Crippen LogP contribution in [0.1, 0.15) is 59.1 Å². The number of amides is 1. The molecule has 1 rings (SSSR count). The third-order valence-corrected chi connectivity index (χ3v) is 2.38. The summed E-state index contributed by atoms with van der Waals surface area (Å²) in [7, 11) is 0. The van der Waals surface area contributed by atoms with Gasteiger partial charge in [-0.25, -0.2) is 4.79 Å². The Kier molecular flexibility index (Phi) is 4.76. The first-order valence-electron chi connectivity index (χ1n) is 6.28. The van der Waals surface area contributed by atoms with Gasteiger partial charge < -0.3 is 9.26 Å². The summed E-state index contributed by atoms with van der Waals surface area (Å²) in [5.41, 5.74) is 0.325. The van der Waals surface area contributed by atoms with E-state index < -0.39 is 11.7 Å². The molecule has 5 nitrogen and oxygen atoms in total. The van der Waals surface area contributed by atoms with Crippen molar-refractivity contribution in [3.63, 3.8) is 0 Å². The molecule has 1 aromatic heterocycles. The van der Waals surface area contributed by atoms with Gasteiger partial charge in [-0.05, 0) is 27.2 Å². The quantitative estimate of drug-likeness (QED) is 0.884. The predicted octanol–water partition coefficient (Wildman–Crippen LogP) is 3.93. The van der Waals surface area contributed by atoms with E-state index in [4.69, 9.17) is 9.26 Å². The lowest BCUT2D eigenvalue weighted by atomic mass is 10.0. The summed E-state index contributed by atoms with van der Waals surface area (Å²) in [6, 6.07) is 1.74. The molecule has 1 N–H and O–H groups in total. The van der Waals surface area contributed by atoms with Gasteiger partial charge in [0.2, 0.25) is 5.88 Å². The molecule has 0 fully saturated rings. The SMILES string of the molecule is CCCC(C)c1cc(NC(=O)OC(C)(C)C)on1. The average Bonchev–Trinajstić information content (AvgIpc) is 2.63. The Morgan fingerprint density at radius 1 is 1.56 bits per heavy atom. The van der Waals surface area contributed by atoms with Crippen molar-refractivity contribution in [1.29, 1.82) is 0 Å². The lowest BCUT2D eigenvalue weighted by Gasteiger charge is -2.18. The molecule has 1 unspecified atom stereocenters. The van der Waals surface area contributed by atoms with Gasteiger partial charge in [-0.15, -0.1) is 0 Å². The first-order valence-corrected chi connectivity index (χ1v) is 6.28. The van der Waals surface area contributed by atoms with Gasteiger partial charge in [0.1, 0.15) is 5.60 Å². The molecular weight excluding hydrogens is 232 g/mol. The lowest BCUT2D eigenvalue weighted by Crippen LogP contribution is -2.27. The fraction of sp³-hybridized carbons (Fsp3) is 0.692. The van der Waals surface area contributed by atoms with Gasteiger partial charge in [0, 0.05) is 12.0 Å². The number of ether oxygens (including phenoxy) is 1. The topological polar surface area (TPSA) is 64.4 Å². The Morgan fingerprint density at radius 2 is 2.22 bits per heavy atom. The van der Waals surface area contributed by atoms with Gasteiger partial charge in [-0.3, -0.25) is 5.32 Å². The lowest BCUT2D eigenvalue weighted by molar-refractivity contribution is 0.0631. The van der Waals surface area contributed by atoms with Crippen LogP contribution in [0.4, 0.5) is 10.7 Å². The molecule has 102 valence electrons. The molecular formula is C13H22N2O3. The zero-order valence-corrected chi connectivity index (χ0v) is 11.7. The molecule has 18 heavy (non-hydrogen) atoms. The Balaban J connectivity index is 2.56. The van der Waals surface area contributed by atoms with E-state index in [-0.39, 0.29) is 0 Å². The van der Waals surface area contributed by atoms with Crippen LogP contribution in [0.15, 0.2) is 10.6 Å². The smallest absolute Gasteiger partial charge is 0.414 e. The molecule has 0 aliphatic carbocycles. The molecule has 0 saturated carbocycles. The second-order valence-corrected chi connectivity index (χ2v) is 5.43. The van der Waals surface area contributed by atoms with Crippen LogP contribution in [-0.4, -0.2) is 16.9 Å². The van der Waals surface area contributed by atoms with Crippen molar-refractivity contribution in [2.75, 3.05) is 5.32 Å². The Hall–Kier alpha value is -1.52. The van der Waals surface area contributed by atoms with Crippen molar-refractivity contribution in [3.8, 4) is 0 Å². The van der Waals surface area contributed by atoms with E-state index in [1.54, 1.807) is 6.07 Å². The number of hydrogen-bond acceptors (Lipinski definition) is 4. The second kappa shape index (κ2) is 5.89. The van der Waals surface area contributed by atoms with Crippen LogP contribution in [0.3, 0.4) is 0 Å². The predicted molar refractivity (Wildman–Crippen MR) is 69.7 cm³/mol.